The zero-order valence-electron chi connectivity index (χ0n) is 21.6. The Morgan fingerprint density at radius 3 is 2.32 bits per heavy atom. The van der Waals surface area contributed by atoms with Gasteiger partial charge in [0.15, 0.2) is 11.5 Å². The minimum absolute atomic E-state index is 0.0626. The maximum Gasteiger partial charge on any atom is 0.295 e. The first-order valence-electron chi connectivity index (χ1n) is 12.1. The number of ether oxygens (including phenoxy) is 2. The molecule has 192 valence electrons. The Bertz CT molecular complexity index is 1300. The quantitative estimate of drug-likeness (QED) is 0.264. The van der Waals surface area contributed by atoms with E-state index in [0.29, 0.717) is 42.3 Å². The van der Waals surface area contributed by atoms with Gasteiger partial charge in [0.05, 0.1) is 18.7 Å². The van der Waals surface area contributed by atoms with Gasteiger partial charge in [0.2, 0.25) is 0 Å². The third-order valence-electron chi connectivity index (χ3n) is 6.39. The highest BCUT2D eigenvalue weighted by molar-refractivity contribution is 6.46. The molecular weight excluding hydrogens is 468 g/mol. The average Bonchev–Trinajstić information content (AvgIpc) is 3.16. The molecular formula is C30H32N2O5. The number of hydrogen-bond acceptors (Lipinski definition) is 6. The standard InChI is InChI=1S/C30H32N2O5/c1-20-10-12-22(13-11-20)28(33)26-27(32(17-16-31(2)3)30(35)29(26)34)23-14-15-24(25(18-23)36-4)37-19-21-8-6-5-7-9-21/h5-15,18,27,33H,16-17,19H2,1-4H3. The van der Waals surface area contributed by atoms with Crippen molar-refractivity contribution in [2.45, 2.75) is 19.6 Å². The number of Topliss-reactive ketones (excluding diaryl/α,β-unsaturated/α-hetero) is 1. The minimum atomic E-state index is -0.765. The fourth-order valence-corrected chi connectivity index (χ4v) is 4.34. The number of nitrogens with zero attached hydrogens (tertiary/aromatic N) is 2. The Hall–Kier alpha value is -4.10. The Balaban J connectivity index is 1.75. The molecule has 1 aliphatic heterocycles. The summed E-state index contributed by atoms with van der Waals surface area (Å²) < 4.78 is 11.6. The molecule has 7 heteroatoms. The first-order valence-corrected chi connectivity index (χ1v) is 12.1. The van der Waals surface area contributed by atoms with Gasteiger partial charge in [-0.2, -0.15) is 0 Å². The van der Waals surface area contributed by atoms with Crippen molar-refractivity contribution in [2.24, 2.45) is 0 Å². The van der Waals surface area contributed by atoms with Gasteiger partial charge >= 0.3 is 0 Å². The number of carbonyl (C=O) groups is 2. The van der Waals surface area contributed by atoms with Crippen LogP contribution in [-0.4, -0.2) is 60.9 Å². The number of rotatable bonds is 9. The average molecular weight is 501 g/mol. The van der Waals surface area contributed by atoms with Crippen molar-refractivity contribution < 1.29 is 24.2 Å². The van der Waals surface area contributed by atoms with E-state index in [2.05, 4.69) is 0 Å². The largest absolute Gasteiger partial charge is 0.507 e. The van der Waals surface area contributed by atoms with Gasteiger partial charge in [-0.15, -0.1) is 0 Å². The molecule has 37 heavy (non-hydrogen) atoms. The maximum absolute atomic E-state index is 13.2. The first kappa shape index (κ1) is 26.0. The summed E-state index contributed by atoms with van der Waals surface area (Å²) in [7, 11) is 5.35. The molecule has 1 saturated heterocycles. The highest BCUT2D eigenvalue weighted by Gasteiger charge is 2.46. The van der Waals surface area contributed by atoms with E-state index in [9.17, 15) is 14.7 Å². The number of methoxy groups -OCH3 is 1. The van der Waals surface area contributed by atoms with E-state index >= 15 is 0 Å². The summed E-state index contributed by atoms with van der Waals surface area (Å²) >= 11 is 0. The van der Waals surface area contributed by atoms with Crippen molar-refractivity contribution >= 4 is 17.4 Å². The highest BCUT2D eigenvalue weighted by atomic mass is 16.5. The summed E-state index contributed by atoms with van der Waals surface area (Å²) in [5.41, 5.74) is 3.23. The summed E-state index contributed by atoms with van der Waals surface area (Å²) in [6.45, 7) is 3.19. The number of aliphatic hydroxyl groups excluding tert-OH is 1. The smallest absolute Gasteiger partial charge is 0.295 e. The second-order valence-electron chi connectivity index (χ2n) is 9.35. The number of aliphatic hydroxyl groups is 1. The summed E-state index contributed by atoms with van der Waals surface area (Å²) in [5.74, 6) is -0.519. The predicted molar refractivity (Wildman–Crippen MR) is 143 cm³/mol. The van der Waals surface area contributed by atoms with Crippen LogP contribution in [0, 0.1) is 6.92 Å². The van der Waals surface area contributed by atoms with Crippen molar-refractivity contribution in [3.63, 3.8) is 0 Å². The number of likely N-dealkylation sites (tertiary alicyclic amines) is 1. The van der Waals surface area contributed by atoms with Gasteiger partial charge in [0, 0.05) is 18.7 Å². The number of aryl methyl sites for hydroxylation is 1. The summed E-state index contributed by atoms with van der Waals surface area (Å²) in [4.78, 5) is 29.8. The number of benzene rings is 3. The number of hydrogen-bond donors (Lipinski definition) is 1. The topological polar surface area (TPSA) is 79.3 Å². The SMILES string of the molecule is COc1cc(C2C(=C(O)c3ccc(C)cc3)C(=O)C(=O)N2CCN(C)C)ccc1OCc1ccccc1. The Morgan fingerprint density at radius 2 is 1.68 bits per heavy atom. The Morgan fingerprint density at radius 1 is 0.973 bits per heavy atom. The van der Waals surface area contributed by atoms with E-state index in [1.807, 2.05) is 74.4 Å². The molecule has 1 N–H and O–H groups in total. The molecule has 0 spiro atoms. The van der Waals surface area contributed by atoms with Gasteiger partial charge in [-0.25, -0.2) is 0 Å². The molecule has 0 saturated carbocycles. The van der Waals surface area contributed by atoms with Crippen LogP contribution in [0.3, 0.4) is 0 Å². The molecule has 1 fully saturated rings. The summed E-state index contributed by atoms with van der Waals surface area (Å²) in [6.07, 6.45) is 0. The lowest BCUT2D eigenvalue weighted by Crippen LogP contribution is -2.35. The molecule has 1 unspecified atom stereocenters. The molecule has 0 aliphatic carbocycles. The van der Waals surface area contributed by atoms with Crippen LogP contribution in [0.2, 0.25) is 0 Å². The van der Waals surface area contributed by atoms with Crippen molar-refractivity contribution in [3.05, 3.63) is 101 Å². The molecule has 0 aromatic heterocycles. The molecule has 0 bridgehead atoms. The van der Waals surface area contributed by atoms with Crippen LogP contribution in [0.4, 0.5) is 0 Å². The molecule has 0 radical (unpaired) electrons. The van der Waals surface area contributed by atoms with Crippen LogP contribution in [0.15, 0.2) is 78.4 Å². The number of likely N-dealkylation sites (N-methyl/N-ethyl adjacent to an activating group) is 1. The lowest BCUT2D eigenvalue weighted by Gasteiger charge is -2.27. The van der Waals surface area contributed by atoms with Crippen molar-refractivity contribution in [1.29, 1.82) is 0 Å². The lowest BCUT2D eigenvalue weighted by molar-refractivity contribution is -0.140. The number of ketones is 1. The van der Waals surface area contributed by atoms with Crippen LogP contribution in [0.25, 0.3) is 5.76 Å². The van der Waals surface area contributed by atoms with Crippen molar-refractivity contribution in [2.75, 3.05) is 34.3 Å². The molecule has 3 aromatic rings. The normalized spacial score (nSPS) is 16.9. The van der Waals surface area contributed by atoms with E-state index in [-0.39, 0.29) is 11.3 Å². The minimum Gasteiger partial charge on any atom is -0.507 e. The zero-order chi connectivity index (χ0) is 26.5. The van der Waals surface area contributed by atoms with E-state index in [0.717, 1.165) is 11.1 Å². The van der Waals surface area contributed by atoms with Gasteiger partial charge in [0.25, 0.3) is 11.7 Å². The van der Waals surface area contributed by atoms with Crippen LogP contribution in [-0.2, 0) is 16.2 Å². The molecule has 3 aromatic carbocycles. The van der Waals surface area contributed by atoms with E-state index in [1.165, 1.54) is 4.90 Å². The molecule has 1 heterocycles. The molecule has 1 aliphatic rings. The monoisotopic (exact) mass is 500 g/mol. The first-order chi connectivity index (χ1) is 17.8. The fraction of sp³-hybridized carbons (Fsp3) is 0.267. The predicted octanol–water partition coefficient (Wildman–Crippen LogP) is 4.57. The van der Waals surface area contributed by atoms with E-state index in [4.69, 9.17) is 9.47 Å². The van der Waals surface area contributed by atoms with Gasteiger partial charge in [-0.3, -0.25) is 9.59 Å². The van der Waals surface area contributed by atoms with Gasteiger partial charge in [0.1, 0.15) is 12.4 Å². The Labute approximate surface area is 217 Å². The lowest BCUT2D eigenvalue weighted by atomic mass is 9.94. The van der Waals surface area contributed by atoms with Gasteiger partial charge in [-0.1, -0.05) is 66.2 Å². The van der Waals surface area contributed by atoms with Gasteiger partial charge < -0.3 is 24.4 Å². The van der Waals surface area contributed by atoms with Crippen LogP contribution >= 0.6 is 0 Å². The van der Waals surface area contributed by atoms with Gasteiger partial charge in [-0.05, 0) is 44.3 Å². The number of carbonyl (C=O) groups excluding carboxylic acids is 2. The highest BCUT2D eigenvalue weighted by Crippen LogP contribution is 2.42. The van der Waals surface area contributed by atoms with Crippen molar-refractivity contribution in [1.82, 2.24) is 9.80 Å². The molecule has 4 rings (SSSR count). The zero-order valence-corrected chi connectivity index (χ0v) is 21.6. The van der Waals surface area contributed by atoms with E-state index < -0.39 is 17.7 Å². The van der Waals surface area contributed by atoms with Crippen LogP contribution in [0.1, 0.15) is 28.3 Å². The third-order valence-corrected chi connectivity index (χ3v) is 6.39. The number of amides is 1. The maximum atomic E-state index is 13.2. The second-order valence-corrected chi connectivity index (χ2v) is 9.35. The summed E-state index contributed by atoms with van der Waals surface area (Å²) in [6, 6.07) is 21.6. The van der Waals surface area contributed by atoms with E-state index in [1.54, 1.807) is 31.4 Å². The second kappa shape index (κ2) is 11.3. The van der Waals surface area contributed by atoms with Crippen molar-refractivity contribution in [3.8, 4) is 11.5 Å². The Kier molecular flexibility index (Phi) is 7.94. The molecule has 1 amide bonds. The molecule has 1 atom stereocenters. The summed E-state index contributed by atoms with van der Waals surface area (Å²) in [5, 5.41) is 11.2. The third kappa shape index (κ3) is 5.67. The fourth-order valence-electron chi connectivity index (χ4n) is 4.34. The van der Waals surface area contributed by atoms with Crippen LogP contribution in [0.5, 0.6) is 11.5 Å². The molecule has 7 nitrogen and oxygen atoms in total. The van der Waals surface area contributed by atoms with Crippen LogP contribution < -0.4 is 9.47 Å².